The zero-order valence-corrected chi connectivity index (χ0v) is 16.1. The molecule has 0 radical (unpaired) electrons. The average Bonchev–Trinajstić information content (AvgIpc) is 2.64. The summed E-state index contributed by atoms with van der Waals surface area (Å²) in [5.74, 6) is 0.831. The lowest BCUT2D eigenvalue weighted by Gasteiger charge is -2.32. The van der Waals surface area contributed by atoms with Crippen LogP contribution in [-0.2, 0) is 4.79 Å². The number of benzene rings is 1. The molecule has 2 aromatic rings. The zero-order valence-electron chi connectivity index (χ0n) is 14.6. The minimum absolute atomic E-state index is 0.0847. The molecule has 138 valence electrons. The molecule has 1 aliphatic heterocycles. The van der Waals surface area contributed by atoms with E-state index in [2.05, 4.69) is 15.3 Å². The summed E-state index contributed by atoms with van der Waals surface area (Å²) in [6.07, 6.45) is 1.67. The van der Waals surface area contributed by atoms with Gasteiger partial charge in [0.1, 0.15) is 0 Å². The van der Waals surface area contributed by atoms with Crippen molar-refractivity contribution in [2.24, 2.45) is 5.92 Å². The van der Waals surface area contributed by atoms with Gasteiger partial charge in [0.2, 0.25) is 17.7 Å². The second-order valence-electron chi connectivity index (χ2n) is 6.25. The van der Waals surface area contributed by atoms with Crippen LogP contribution in [0.5, 0.6) is 5.88 Å². The van der Waals surface area contributed by atoms with Crippen LogP contribution < -0.4 is 15.0 Å². The first-order valence-electron chi connectivity index (χ1n) is 8.37. The van der Waals surface area contributed by atoms with E-state index >= 15 is 0 Å². The first kappa shape index (κ1) is 18.7. The number of aryl methyl sites for hydroxylation is 1. The summed E-state index contributed by atoms with van der Waals surface area (Å²) in [6, 6.07) is 6.78. The van der Waals surface area contributed by atoms with Gasteiger partial charge in [-0.3, -0.25) is 4.79 Å². The molecule has 3 rings (SSSR count). The number of halogens is 2. The van der Waals surface area contributed by atoms with Crippen molar-refractivity contribution >= 4 is 40.7 Å². The number of rotatable bonds is 4. The van der Waals surface area contributed by atoms with E-state index in [-0.39, 0.29) is 11.8 Å². The normalized spacial score (nSPS) is 17.1. The van der Waals surface area contributed by atoms with E-state index in [0.29, 0.717) is 34.1 Å². The third kappa shape index (κ3) is 4.37. The molecule has 0 aliphatic carbocycles. The molecule has 0 bridgehead atoms. The number of anilines is 2. The van der Waals surface area contributed by atoms with Crippen molar-refractivity contribution in [3.8, 4) is 5.88 Å². The molecule has 1 amide bonds. The van der Waals surface area contributed by atoms with Gasteiger partial charge in [-0.2, -0.15) is 4.98 Å². The average molecular weight is 395 g/mol. The number of methoxy groups -OCH3 is 1. The van der Waals surface area contributed by atoms with Crippen molar-refractivity contribution in [2.45, 2.75) is 19.8 Å². The maximum Gasteiger partial charge on any atom is 0.229 e. The SMILES string of the molecule is COc1cc(C)nc(N2CCC[C@H](C(=O)Nc3cc(Cl)ccc3Cl)C2)n1. The Morgan fingerprint density at radius 1 is 1.31 bits per heavy atom. The zero-order chi connectivity index (χ0) is 18.7. The van der Waals surface area contributed by atoms with Gasteiger partial charge in [0, 0.05) is 29.9 Å². The number of carbonyl (C=O) groups excluding carboxylic acids is 1. The Kier molecular flexibility index (Phi) is 5.84. The van der Waals surface area contributed by atoms with Gasteiger partial charge >= 0.3 is 0 Å². The Labute approximate surface area is 162 Å². The van der Waals surface area contributed by atoms with Crippen molar-refractivity contribution in [1.82, 2.24) is 9.97 Å². The van der Waals surface area contributed by atoms with E-state index in [1.807, 2.05) is 11.8 Å². The van der Waals surface area contributed by atoms with E-state index in [9.17, 15) is 4.79 Å². The summed E-state index contributed by atoms with van der Waals surface area (Å²) >= 11 is 12.1. The number of hydrogen-bond donors (Lipinski definition) is 1. The lowest BCUT2D eigenvalue weighted by atomic mass is 9.97. The van der Waals surface area contributed by atoms with Crippen molar-refractivity contribution in [2.75, 3.05) is 30.4 Å². The Morgan fingerprint density at radius 3 is 2.88 bits per heavy atom. The van der Waals surface area contributed by atoms with Crippen LogP contribution in [0.2, 0.25) is 10.0 Å². The van der Waals surface area contributed by atoms with Crippen molar-refractivity contribution in [3.63, 3.8) is 0 Å². The van der Waals surface area contributed by atoms with Crippen LogP contribution in [0.15, 0.2) is 24.3 Å². The minimum atomic E-state index is -0.186. The number of aromatic nitrogens is 2. The fraction of sp³-hybridized carbons (Fsp3) is 0.389. The Morgan fingerprint density at radius 2 is 2.12 bits per heavy atom. The van der Waals surface area contributed by atoms with Gasteiger partial charge in [0.05, 0.1) is 23.7 Å². The lowest BCUT2D eigenvalue weighted by molar-refractivity contribution is -0.120. The molecule has 1 aliphatic rings. The summed E-state index contributed by atoms with van der Waals surface area (Å²) in [5.41, 5.74) is 1.35. The number of amides is 1. The molecular formula is C18H20Cl2N4O2. The van der Waals surface area contributed by atoms with E-state index in [4.69, 9.17) is 27.9 Å². The monoisotopic (exact) mass is 394 g/mol. The fourth-order valence-corrected chi connectivity index (χ4v) is 3.31. The molecule has 0 spiro atoms. The van der Waals surface area contributed by atoms with Crippen molar-refractivity contribution < 1.29 is 9.53 Å². The number of hydrogen-bond acceptors (Lipinski definition) is 5. The smallest absolute Gasteiger partial charge is 0.229 e. The molecule has 26 heavy (non-hydrogen) atoms. The third-order valence-electron chi connectivity index (χ3n) is 4.29. The highest BCUT2D eigenvalue weighted by atomic mass is 35.5. The fourth-order valence-electron chi connectivity index (χ4n) is 2.97. The summed E-state index contributed by atoms with van der Waals surface area (Å²) in [5, 5.41) is 3.86. The van der Waals surface area contributed by atoms with Crippen LogP contribution in [0.4, 0.5) is 11.6 Å². The predicted octanol–water partition coefficient (Wildman–Crippen LogP) is 3.96. The summed E-state index contributed by atoms with van der Waals surface area (Å²) in [6.45, 7) is 3.23. The number of piperidine rings is 1. The highest BCUT2D eigenvalue weighted by molar-refractivity contribution is 6.35. The Hall–Kier alpha value is -2.05. The summed E-state index contributed by atoms with van der Waals surface area (Å²) < 4.78 is 5.22. The molecule has 2 heterocycles. The topological polar surface area (TPSA) is 67.3 Å². The molecule has 1 saturated heterocycles. The molecule has 1 N–H and O–H groups in total. The molecule has 8 heteroatoms. The third-order valence-corrected chi connectivity index (χ3v) is 4.85. The quantitative estimate of drug-likeness (QED) is 0.849. The Balaban J connectivity index is 1.73. The number of ether oxygens (including phenoxy) is 1. The van der Waals surface area contributed by atoms with Gasteiger partial charge in [-0.1, -0.05) is 23.2 Å². The van der Waals surface area contributed by atoms with Crippen LogP contribution in [-0.4, -0.2) is 36.1 Å². The molecule has 1 atom stereocenters. The maximum atomic E-state index is 12.7. The summed E-state index contributed by atoms with van der Waals surface area (Å²) in [7, 11) is 1.58. The van der Waals surface area contributed by atoms with E-state index in [1.54, 1.807) is 31.4 Å². The van der Waals surface area contributed by atoms with Gasteiger partial charge in [-0.25, -0.2) is 4.98 Å². The number of carbonyl (C=O) groups is 1. The lowest BCUT2D eigenvalue weighted by Crippen LogP contribution is -2.41. The first-order valence-corrected chi connectivity index (χ1v) is 9.12. The van der Waals surface area contributed by atoms with Crippen molar-refractivity contribution in [3.05, 3.63) is 40.0 Å². The minimum Gasteiger partial charge on any atom is -0.481 e. The molecule has 0 unspecified atom stereocenters. The van der Waals surface area contributed by atoms with Gasteiger partial charge in [-0.05, 0) is 38.0 Å². The van der Waals surface area contributed by atoms with Crippen LogP contribution >= 0.6 is 23.2 Å². The second kappa shape index (κ2) is 8.10. The highest BCUT2D eigenvalue weighted by Crippen LogP contribution is 2.28. The maximum absolute atomic E-state index is 12.7. The molecule has 6 nitrogen and oxygen atoms in total. The first-order chi connectivity index (χ1) is 12.5. The molecule has 0 saturated carbocycles. The summed E-state index contributed by atoms with van der Waals surface area (Å²) in [4.78, 5) is 23.6. The van der Waals surface area contributed by atoms with Gasteiger partial charge in [0.25, 0.3) is 0 Å². The van der Waals surface area contributed by atoms with Crippen LogP contribution in [0.3, 0.4) is 0 Å². The van der Waals surface area contributed by atoms with Crippen LogP contribution in [0.25, 0.3) is 0 Å². The molecule has 1 aromatic heterocycles. The van der Waals surface area contributed by atoms with Crippen LogP contribution in [0, 0.1) is 12.8 Å². The van der Waals surface area contributed by atoms with Gasteiger partial charge < -0.3 is 15.0 Å². The molecular weight excluding hydrogens is 375 g/mol. The standard InChI is InChI=1S/C18H20Cl2N4O2/c1-11-8-16(26-2)23-18(21-11)24-7-3-4-12(10-24)17(25)22-15-9-13(19)5-6-14(15)20/h5-6,8-9,12H,3-4,7,10H2,1-2H3,(H,22,25)/t12-/m0/s1. The van der Waals surface area contributed by atoms with E-state index in [1.165, 1.54) is 0 Å². The molecule has 1 aromatic carbocycles. The largest absolute Gasteiger partial charge is 0.481 e. The van der Waals surface area contributed by atoms with E-state index in [0.717, 1.165) is 25.1 Å². The number of nitrogens with zero attached hydrogens (tertiary/aromatic N) is 3. The van der Waals surface area contributed by atoms with E-state index < -0.39 is 0 Å². The second-order valence-corrected chi connectivity index (χ2v) is 7.09. The van der Waals surface area contributed by atoms with Crippen molar-refractivity contribution in [1.29, 1.82) is 0 Å². The van der Waals surface area contributed by atoms with Crippen LogP contribution in [0.1, 0.15) is 18.5 Å². The number of nitrogens with one attached hydrogen (secondary N) is 1. The predicted molar refractivity (Wildman–Crippen MR) is 103 cm³/mol. The van der Waals surface area contributed by atoms with Gasteiger partial charge in [-0.15, -0.1) is 0 Å². The Bertz CT molecular complexity index is 816. The highest BCUT2D eigenvalue weighted by Gasteiger charge is 2.28. The molecule has 1 fully saturated rings. The van der Waals surface area contributed by atoms with Gasteiger partial charge in [0.15, 0.2) is 0 Å².